The van der Waals surface area contributed by atoms with Crippen molar-refractivity contribution in [3.63, 3.8) is 0 Å². The molecule has 0 saturated heterocycles. The Morgan fingerprint density at radius 2 is 1.40 bits per heavy atom. The van der Waals surface area contributed by atoms with Crippen LogP contribution in [-0.4, -0.2) is 91.3 Å². The van der Waals surface area contributed by atoms with Crippen LogP contribution in [0, 0.1) is 5.92 Å². The van der Waals surface area contributed by atoms with Crippen LogP contribution in [0.1, 0.15) is 78.1 Å². The fraction of sp³-hybridized carbons (Fsp3) is 0.875. The summed E-state index contributed by atoms with van der Waals surface area (Å²) in [7, 11) is -5.08. The Kier molecular flexibility index (Phi) is 15.1. The second-order valence-corrected chi connectivity index (χ2v) is 7.90. The van der Waals surface area contributed by atoms with E-state index >= 15 is 0 Å². The fourth-order valence-corrected chi connectivity index (χ4v) is 4.20. The summed E-state index contributed by atoms with van der Waals surface area (Å²) in [5.74, 6) is -4.95. The second-order valence-electron chi connectivity index (χ2n) is 6.22. The maximum atomic E-state index is 11.9. The predicted molar refractivity (Wildman–Crippen MR) is 97.7 cm³/mol. The molecular weight excluding hydrogens is 375 g/mol. The second kappa shape index (κ2) is 13.6. The van der Waals surface area contributed by atoms with E-state index in [0.717, 1.165) is 25.7 Å². The number of carbonyl (C=O) groups is 2. The molecule has 0 bridgehead atoms. The van der Waals surface area contributed by atoms with Crippen molar-refractivity contribution < 1.29 is 32.8 Å². The van der Waals surface area contributed by atoms with Crippen molar-refractivity contribution in [2.45, 2.75) is 82.8 Å². The average molecular weight is 407 g/mol. The zero-order valence-corrected chi connectivity index (χ0v) is 15.3. The quantitative estimate of drug-likeness (QED) is 0.230. The zero-order valence-electron chi connectivity index (χ0n) is 14.5. The Morgan fingerprint density at radius 1 is 0.920 bits per heavy atom. The Labute approximate surface area is 193 Å². The van der Waals surface area contributed by atoms with Gasteiger partial charge in [-0.05, 0) is 12.8 Å². The summed E-state index contributed by atoms with van der Waals surface area (Å²) in [6.07, 6.45) is 4.86. The molecule has 2 unspecified atom stereocenters. The summed E-state index contributed by atoms with van der Waals surface area (Å²) in [6, 6.07) is 0. The van der Waals surface area contributed by atoms with Gasteiger partial charge in [0.25, 0.3) is 10.1 Å². The van der Waals surface area contributed by atoms with E-state index in [0.29, 0.717) is 19.3 Å². The van der Waals surface area contributed by atoms with Crippen molar-refractivity contribution in [2.75, 3.05) is 0 Å². The topological polar surface area (TPSA) is 129 Å². The van der Waals surface area contributed by atoms with Crippen LogP contribution >= 0.6 is 0 Å². The standard InChI is InChI=1S/C16H30O7S.K.H/c1-3-5-7-9-11-13(14(17)18)16(15(19)20,24(21,22)23)12-10-8-6-4-2;;/h13H,3-12H2,1-2H3,(H,17,18)(H,19,20)(H,21,22,23);;. The monoisotopic (exact) mass is 406 g/mol. The van der Waals surface area contributed by atoms with E-state index in [2.05, 4.69) is 0 Å². The summed E-state index contributed by atoms with van der Waals surface area (Å²) < 4.78 is 30.7. The first-order valence-electron chi connectivity index (χ1n) is 8.58. The molecule has 0 fully saturated rings. The zero-order chi connectivity index (χ0) is 18.8. The van der Waals surface area contributed by atoms with Gasteiger partial charge >= 0.3 is 63.3 Å². The van der Waals surface area contributed by atoms with Crippen LogP contribution in [0.2, 0.25) is 0 Å². The van der Waals surface area contributed by atoms with E-state index in [1.807, 2.05) is 13.8 Å². The molecule has 7 nitrogen and oxygen atoms in total. The molecule has 0 aliphatic heterocycles. The number of rotatable bonds is 14. The van der Waals surface area contributed by atoms with Crippen LogP contribution in [0.3, 0.4) is 0 Å². The van der Waals surface area contributed by atoms with Gasteiger partial charge in [-0.15, -0.1) is 0 Å². The molecule has 0 aliphatic rings. The normalized spacial score (nSPS) is 15.0. The first kappa shape index (κ1) is 27.7. The molecule has 0 radical (unpaired) electrons. The third kappa shape index (κ3) is 8.36. The molecule has 25 heavy (non-hydrogen) atoms. The number of unbranched alkanes of at least 4 members (excludes halogenated alkanes) is 6. The Balaban J connectivity index is 0. The summed E-state index contributed by atoms with van der Waals surface area (Å²) in [5, 5.41) is 19.0. The average Bonchev–Trinajstić information content (AvgIpc) is 2.46. The van der Waals surface area contributed by atoms with E-state index in [-0.39, 0.29) is 64.2 Å². The maximum absolute atomic E-state index is 11.9. The van der Waals surface area contributed by atoms with Gasteiger partial charge in [0.15, 0.2) is 0 Å². The molecule has 0 spiro atoms. The van der Waals surface area contributed by atoms with Crippen LogP contribution in [0.5, 0.6) is 0 Å². The first-order valence-corrected chi connectivity index (χ1v) is 10.0. The van der Waals surface area contributed by atoms with Crippen molar-refractivity contribution in [3.05, 3.63) is 0 Å². The molecular formula is C16H31KO7S. The first-order chi connectivity index (χ1) is 11.1. The molecule has 0 heterocycles. The van der Waals surface area contributed by atoms with Gasteiger partial charge in [0.05, 0.1) is 5.92 Å². The SMILES string of the molecule is CCCCCCC(C(=O)O)C(CCCCCC)(C(=O)O)S(=O)(=O)O.[KH]. The molecule has 3 N–H and O–H groups in total. The summed E-state index contributed by atoms with van der Waals surface area (Å²) >= 11 is 0. The van der Waals surface area contributed by atoms with Crippen molar-refractivity contribution in [3.8, 4) is 0 Å². The van der Waals surface area contributed by atoms with Crippen molar-refractivity contribution in [1.29, 1.82) is 0 Å². The van der Waals surface area contributed by atoms with Gasteiger partial charge in [-0.3, -0.25) is 14.1 Å². The summed E-state index contributed by atoms with van der Waals surface area (Å²) in [4.78, 5) is 23.4. The van der Waals surface area contributed by atoms with E-state index in [1.165, 1.54) is 0 Å². The minimum absolute atomic E-state index is 0. The fourth-order valence-electron chi connectivity index (χ4n) is 3.00. The number of carboxylic acid groups (broad SMARTS) is 2. The molecule has 0 saturated carbocycles. The van der Waals surface area contributed by atoms with E-state index in [1.54, 1.807) is 0 Å². The molecule has 0 aromatic rings. The Morgan fingerprint density at radius 3 is 1.76 bits per heavy atom. The number of aliphatic carboxylic acids is 2. The molecule has 144 valence electrons. The number of hydrogen-bond acceptors (Lipinski definition) is 4. The summed E-state index contributed by atoms with van der Waals surface area (Å²) in [5.41, 5.74) is 0. The van der Waals surface area contributed by atoms with Gasteiger partial charge in [-0.2, -0.15) is 8.42 Å². The van der Waals surface area contributed by atoms with Crippen LogP contribution in [0.15, 0.2) is 0 Å². The van der Waals surface area contributed by atoms with E-state index < -0.39 is 39.1 Å². The molecule has 0 aliphatic carbocycles. The third-order valence-corrected chi connectivity index (χ3v) is 6.02. The third-order valence-electron chi connectivity index (χ3n) is 4.43. The molecule has 0 aromatic heterocycles. The van der Waals surface area contributed by atoms with Gasteiger partial charge in [0.1, 0.15) is 0 Å². The van der Waals surface area contributed by atoms with Crippen LogP contribution in [-0.2, 0) is 19.7 Å². The molecule has 0 amide bonds. The van der Waals surface area contributed by atoms with Gasteiger partial charge < -0.3 is 10.2 Å². The van der Waals surface area contributed by atoms with Gasteiger partial charge in [-0.25, -0.2) is 0 Å². The van der Waals surface area contributed by atoms with Crippen molar-refractivity contribution in [2.24, 2.45) is 5.92 Å². The van der Waals surface area contributed by atoms with Crippen molar-refractivity contribution in [1.82, 2.24) is 0 Å². The van der Waals surface area contributed by atoms with Gasteiger partial charge in [0.2, 0.25) is 4.75 Å². The summed E-state index contributed by atoms with van der Waals surface area (Å²) in [6.45, 7) is 3.92. The molecule has 2 atom stereocenters. The van der Waals surface area contributed by atoms with Crippen LogP contribution in [0.25, 0.3) is 0 Å². The molecule has 0 aromatic carbocycles. The Hall–Kier alpha value is 0.486. The van der Waals surface area contributed by atoms with Gasteiger partial charge in [0, 0.05) is 0 Å². The van der Waals surface area contributed by atoms with Crippen LogP contribution in [0.4, 0.5) is 0 Å². The van der Waals surface area contributed by atoms with E-state index in [4.69, 9.17) is 0 Å². The van der Waals surface area contributed by atoms with Gasteiger partial charge in [-0.1, -0.05) is 65.2 Å². The molecule has 0 rings (SSSR count). The minimum atomic E-state index is -5.08. The Bertz CT molecular complexity index is 507. The number of carboxylic acids is 2. The molecule has 9 heteroatoms. The van der Waals surface area contributed by atoms with Crippen molar-refractivity contribution >= 4 is 73.4 Å². The number of hydrogen-bond donors (Lipinski definition) is 3. The predicted octanol–water partition coefficient (Wildman–Crippen LogP) is 2.69. The van der Waals surface area contributed by atoms with E-state index in [9.17, 15) is 32.8 Å². The van der Waals surface area contributed by atoms with Crippen LogP contribution < -0.4 is 0 Å².